The average Bonchev–Trinajstić information content (AvgIpc) is 2.91. The number of hydrogen-bond donors (Lipinski definition) is 2. The molecule has 1 aliphatic heterocycles. The number of likely N-dealkylation sites (N-methyl/N-ethyl adjacent to an activating group) is 1. The molecule has 1 fully saturated rings. The summed E-state index contributed by atoms with van der Waals surface area (Å²) in [5.74, 6) is 0.674. The van der Waals surface area contributed by atoms with Crippen molar-refractivity contribution in [2.45, 2.75) is 27.2 Å². The predicted molar refractivity (Wildman–Crippen MR) is 143 cm³/mol. The first-order valence-corrected chi connectivity index (χ1v) is 12.6. The minimum absolute atomic E-state index is 0.0731. The lowest BCUT2D eigenvalue weighted by molar-refractivity contribution is -0.115. The molecule has 3 rings (SSSR count). The minimum Gasteiger partial charge on any atom is -0.495 e. The van der Waals surface area contributed by atoms with E-state index in [0.29, 0.717) is 24.2 Å². The van der Waals surface area contributed by atoms with Crippen molar-refractivity contribution in [3.63, 3.8) is 0 Å². The van der Waals surface area contributed by atoms with E-state index >= 15 is 0 Å². The summed E-state index contributed by atoms with van der Waals surface area (Å²) < 4.78 is 5.54. The number of rotatable bonds is 11. The second-order valence-corrected chi connectivity index (χ2v) is 8.56. The zero-order valence-electron chi connectivity index (χ0n) is 21.5. The lowest BCUT2D eigenvalue weighted by Crippen LogP contribution is -2.47. The van der Waals surface area contributed by atoms with Crippen LogP contribution in [0.1, 0.15) is 37.6 Å². The number of nitrogens with zero attached hydrogens (tertiary/aromatic N) is 3. The molecule has 8 nitrogen and oxygen atoms in total. The van der Waals surface area contributed by atoms with Crippen LogP contribution >= 0.6 is 0 Å². The lowest BCUT2D eigenvalue weighted by atomic mass is 10.1. The minimum atomic E-state index is -0.119. The number of benzene rings is 2. The second-order valence-electron chi connectivity index (χ2n) is 8.56. The van der Waals surface area contributed by atoms with Crippen LogP contribution in [0.2, 0.25) is 0 Å². The summed E-state index contributed by atoms with van der Waals surface area (Å²) in [6, 6.07) is 13.7. The van der Waals surface area contributed by atoms with Gasteiger partial charge in [0.05, 0.1) is 18.4 Å². The summed E-state index contributed by atoms with van der Waals surface area (Å²) in [4.78, 5) is 32.0. The maximum Gasteiger partial charge on any atom is 0.253 e. The van der Waals surface area contributed by atoms with Crippen molar-refractivity contribution in [2.75, 3.05) is 74.6 Å². The predicted octanol–water partition coefficient (Wildman–Crippen LogP) is 3.44. The molecular weight excluding hydrogens is 442 g/mol. The summed E-state index contributed by atoms with van der Waals surface area (Å²) in [5, 5.41) is 5.96. The van der Waals surface area contributed by atoms with Gasteiger partial charge in [0.1, 0.15) is 5.75 Å². The fraction of sp³-hybridized carbons (Fsp3) is 0.481. The Morgan fingerprint density at radius 3 is 2.23 bits per heavy atom. The highest BCUT2D eigenvalue weighted by molar-refractivity contribution is 6.02. The number of methoxy groups -OCH3 is 1. The van der Waals surface area contributed by atoms with E-state index in [4.69, 9.17) is 4.74 Å². The maximum absolute atomic E-state index is 13.2. The normalized spacial score (nSPS) is 13.6. The highest BCUT2D eigenvalue weighted by Crippen LogP contribution is 2.31. The van der Waals surface area contributed by atoms with Crippen LogP contribution in [0.5, 0.6) is 5.75 Å². The Hall–Kier alpha value is -3.26. The highest BCUT2D eigenvalue weighted by Gasteiger charge is 2.23. The Morgan fingerprint density at radius 2 is 1.60 bits per heavy atom. The molecule has 1 saturated heterocycles. The third-order valence-electron chi connectivity index (χ3n) is 6.50. The van der Waals surface area contributed by atoms with Crippen molar-refractivity contribution >= 4 is 28.9 Å². The Balaban J connectivity index is 1.76. The molecule has 35 heavy (non-hydrogen) atoms. The molecule has 8 heteroatoms. The Bertz CT molecular complexity index is 985. The number of carbonyl (C=O) groups is 2. The molecule has 2 aromatic carbocycles. The third-order valence-corrected chi connectivity index (χ3v) is 6.50. The molecule has 0 saturated carbocycles. The Morgan fingerprint density at radius 1 is 0.943 bits per heavy atom. The van der Waals surface area contributed by atoms with Gasteiger partial charge >= 0.3 is 0 Å². The number of para-hydroxylation sites is 2. The molecular formula is C27H39N5O3. The first-order chi connectivity index (χ1) is 17.0. The van der Waals surface area contributed by atoms with Crippen molar-refractivity contribution < 1.29 is 14.3 Å². The van der Waals surface area contributed by atoms with E-state index in [2.05, 4.69) is 45.2 Å². The fourth-order valence-electron chi connectivity index (χ4n) is 4.36. The van der Waals surface area contributed by atoms with Crippen LogP contribution in [0.4, 0.5) is 17.1 Å². The Kier molecular flexibility index (Phi) is 9.78. The molecule has 0 atom stereocenters. The summed E-state index contributed by atoms with van der Waals surface area (Å²) in [6.45, 7) is 12.5. The maximum atomic E-state index is 13.2. The molecule has 0 spiro atoms. The van der Waals surface area contributed by atoms with Gasteiger partial charge in [-0.25, -0.2) is 0 Å². The van der Waals surface area contributed by atoms with Crippen LogP contribution in [0.15, 0.2) is 42.5 Å². The molecule has 0 unspecified atom stereocenters. The van der Waals surface area contributed by atoms with Gasteiger partial charge in [-0.15, -0.1) is 0 Å². The first kappa shape index (κ1) is 26.3. The zero-order valence-corrected chi connectivity index (χ0v) is 21.5. The van der Waals surface area contributed by atoms with E-state index in [0.717, 1.165) is 62.9 Å². The number of carbonyl (C=O) groups excluding carboxylic acids is 2. The molecule has 2 aromatic rings. The van der Waals surface area contributed by atoms with Gasteiger partial charge in [-0.3, -0.25) is 9.59 Å². The number of anilines is 3. The van der Waals surface area contributed by atoms with E-state index in [1.54, 1.807) is 13.2 Å². The summed E-state index contributed by atoms with van der Waals surface area (Å²) in [6.07, 6.45) is 0.387. The molecule has 0 radical (unpaired) electrons. The van der Waals surface area contributed by atoms with Gasteiger partial charge < -0.3 is 30.1 Å². The van der Waals surface area contributed by atoms with E-state index in [9.17, 15) is 9.59 Å². The first-order valence-electron chi connectivity index (χ1n) is 12.6. The number of hydrogen-bond acceptors (Lipinski definition) is 6. The van der Waals surface area contributed by atoms with Gasteiger partial charge in [-0.2, -0.15) is 0 Å². The average molecular weight is 482 g/mol. The monoisotopic (exact) mass is 481 g/mol. The largest absolute Gasteiger partial charge is 0.495 e. The quantitative estimate of drug-likeness (QED) is 0.512. The van der Waals surface area contributed by atoms with Gasteiger partial charge in [-0.1, -0.05) is 32.9 Å². The van der Waals surface area contributed by atoms with Gasteiger partial charge in [-0.05, 0) is 43.4 Å². The van der Waals surface area contributed by atoms with E-state index < -0.39 is 0 Å². The highest BCUT2D eigenvalue weighted by atomic mass is 16.5. The van der Waals surface area contributed by atoms with Crippen molar-refractivity contribution in [1.29, 1.82) is 0 Å². The van der Waals surface area contributed by atoms with Gasteiger partial charge in [0.25, 0.3) is 5.91 Å². The van der Waals surface area contributed by atoms with Crippen molar-refractivity contribution in [3.8, 4) is 5.75 Å². The standard InChI is InChI=1S/C27H39N5O3/c1-5-26(33)29-21-12-13-23(22(20-21)27(34)28-14-15-30(6-2)7-3)31-16-18-32(19-17-31)24-10-8-9-11-25(24)35-4/h8-13,20H,5-7,14-19H2,1-4H3,(H,28,34)(H,29,33). The summed E-state index contributed by atoms with van der Waals surface area (Å²) in [5.41, 5.74) is 3.20. The van der Waals surface area contributed by atoms with Crippen molar-refractivity contribution in [2.24, 2.45) is 0 Å². The molecule has 1 heterocycles. The number of nitrogens with one attached hydrogen (secondary N) is 2. The van der Waals surface area contributed by atoms with Crippen molar-refractivity contribution in [3.05, 3.63) is 48.0 Å². The topological polar surface area (TPSA) is 77.1 Å². The molecule has 0 aromatic heterocycles. The molecule has 1 aliphatic rings. The van der Waals surface area contributed by atoms with Crippen molar-refractivity contribution in [1.82, 2.24) is 10.2 Å². The van der Waals surface area contributed by atoms with Gasteiger partial charge in [0.15, 0.2) is 0 Å². The smallest absolute Gasteiger partial charge is 0.253 e. The number of ether oxygens (including phenoxy) is 1. The molecule has 2 N–H and O–H groups in total. The van der Waals surface area contributed by atoms with Crippen LogP contribution < -0.4 is 25.2 Å². The van der Waals surface area contributed by atoms with Crippen LogP contribution in [0.3, 0.4) is 0 Å². The van der Waals surface area contributed by atoms with Crippen LogP contribution in [-0.2, 0) is 4.79 Å². The summed E-state index contributed by atoms with van der Waals surface area (Å²) in [7, 11) is 1.69. The van der Waals surface area contributed by atoms with Crippen LogP contribution in [0.25, 0.3) is 0 Å². The van der Waals surface area contributed by atoms with Crippen LogP contribution in [-0.4, -0.2) is 76.2 Å². The molecule has 2 amide bonds. The molecule has 190 valence electrons. The number of amides is 2. The van der Waals surface area contributed by atoms with E-state index in [1.807, 2.05) is 37.3 Å². The lowest BCUT2D eigenvalue weighted by Gasteiger charge is -2.38. The SMILES string of the molecule is CCC(=O)Nc1ccc(N2CCN(c3ccccc3OC)CC2)c(C(=O)NCCN(CC)CC)c1. The van der Waals surface area contributed by atoms with Gasteiger partial charge in [0.2, 0.25) is 5.91 Å². The summed E-state index contributed by atoms with van der Waals surface area (Å²) >= 11 is 0. The third kappa shape index (κ3) is 6.88. The Labute approximate surface area is 209 Å². The van der Waals surface area contributed by atoms with Crippen LogP contribution in [0, 0.1) is 0 Å². The zero-order chi connectivity index (χ0) is 25.2. The molecule has 0 aliphatic carbocycles. The van der Waals surface area contributed by atoms with E-state index in [-0.39, 0.29) is 11.8 Å². The number of piperazine rings is 1. The van der Waals surface area contributed by atoms with E-state index in [1.165, 1.54) is 0 Å². The molecule has 0 bridgehead atoms. The van der Waals surface area contributed by atoms with Gasteiger partial charge in [0, 0.05) is 57.1 Å². The second kappa shape index (κ2) is 13.0. The fourth-order valence-corrected chi connectivity index (χ4v) is 4.36.